The molecule has 1 aliphatic carbocycles. The van der Waals surface area contributed by atoms with Crippen molar-refractivity contribution in [2.24, 2.45) is 5.92 Å². The summed E-state index contributed by atoms with van der Waals surface area (Å²) >= 11 is 0. The number of imidazole rings is 1. The molecule has 2 N–H and O–H groups in total. The van der Waals surface area contributed by atoms with Crippen LogP contribution in [0.5, 0.6) is 0 Å². The van der Waals surface area contributed by atoms with Crippen LogP contribution < -0.4 is 0 Å². The number of aliphatic carboxylic acids is 1. The number of carbonyl (C=O) groups is 2. The Balaban J connectivity index is 0.000000451. The number of aliphatic hydroxyl groups is 1. The standard InChI is InChI=1S/C27H26FN5O2.C2HF3O2/c28-20-11-6-16-33-23(20)22(24-29-14-7-15-30-24)31-25(33)26(34)32-17-13-27(35,18-8-2-1-3-9-18)19-10-4-5-12-21(19)32;3-2(4,5)1(6)7/h1-3,6-9,11,14-16,19,21,35H,4-5,10,12-13,17H2;(H,6,7)/t19-,21+,27?;/m0./s1. The lowest BCUT2D eigenvalue weighted by molar-refractivity contribution is -0.192. The van der Waals surface area contributed by atoms with E-state index in [0.29, 0.717) is 13.0 Å². The van der Waals surface area contributed by atoms with Crippen LogP contribution in [0.4, 0.5) is 17.6 Å². The third-order valence-electron chi connectivity index (χ3n) is 7.84. The first kappa shape index (κ1) is 29.1. The highest BCUT2D eigenvalue weighted by Crippen LogP contribution is 2.47. The number of hydrogen-bond acceptors (Lipinski definition) is 6. The molecular formula is C29H27F4N5O4. The normalized spacial score (nSPS) is 22.2. The minimum atomic E-state index is -5.08. The van der Waals surface area contributed by atoms with E-state index in [0.717, 1.165) is 31.2 Å². The summed E-state index contributed by atoms with van der Waals surface area (Å²) in [5.74, 6) is -3.18. The molecule has 4 heterocycles. The highest BCUT2D eigenvalue weighted by atomic mass is 19.4. The van der Waals surface area contributed by atoms with E-state index in [4.69, 9.17) is 9.90 Å². The fraction of sp³-hybridized carbons (Fsp3) is 0.345. The van der Waals surface area contributed by atoms with Gasteiger partial charge < -0.3 is 15.1 Å². The van der Waals surface area contributed by atoms with E-state index in [2.05, 4.69) is 15.0 Å². The topological polar surface area (TPSA) is 121 Å². The number of likely N-dealkylation sites (tertiary alicyclic amines) is 1. The molecule has 2 aliphatic rings. The molecule has 220 valence electrons. The zero-order chi connectivity index (χ0) is 30.1. The molecule has 1 amide bonds. The number of carboxylic acid groups (broad SMARTS) is 1. The van der Waals surface area contributed by atoms with Crippen LogP contribution in [0.1, 0.15) is 48.3 Å². The van der Waals surface area contributed by atoms with Gasteiger partial charge in [-0.15, -0.1) is 0 Å². The summed E-state index contributed by atoms with van der Waals surface area (Å²) in [7, 11) is 0. The van der Waals surface area contributed by atoms with Crippen molar-refractivity contribution in [3.05, 3.63) is 84.3 Å². The predicted molar refractivity (Wildman–Crippen MR) is 142 cm³/mol. The summed E-state index contributed by atoms with van der Waals surface area (Å²) in [6.07, 6.45) is 3.82. The van der Waals surface area contributed by atoms with Gasteiger partial charge in [0.2, 0.25) is 5.82 Å². The molecule has 0 bridgehead atoms. The fourth-order valence-electron chi connectivity index (χ4n) is 5.98. The highest BCUT2D eigenvalue weighted by Gasteiger charge is 2.50. The number of hydrogen-bond donors (Lipinski definition) is 2. The van der Waals surface area contributed by atoms with E-state index in [1.165, 1.54) is 10.5 Å². The third kappa shape index (κ3) is 5.43. The van der Waals surface area contributed by atoms with E-state index in [1.807, 2.05) is 35.2 Å². The number of pyridine rings is 1. The van der Waals surface area contributed by atoms with Gasteiger partial charge in [-0.3, -0.25) is 9.20 Å². The monoisotopic (exact) mass is 585 g/mol. The molecule has 1 saturated carbocycles. The number of alkyl halides is 3. The van der Waals surface area contributed by atoms with Gasteiger partial charge in [0.05, 0.1) is 5.60 Å². The first-order chi connectivity index (χ1) is 20.0. The molecule has 6 rings (SSSR count). The first-order valence-electron chi connectivity index (χ1n) is 13.4. The highest BCUT2D eigenvalue weighted by molar-refractivity contribution is 5.94. The largest absolute Gasteiger partial charge is 0.490 e. The van der Waals surface area contributed by atoms with Crippen molar-refractivity contribution in [1.29, 1.82) is 0 Å². The van der Waals surface area contributed by atoms with Gasteiger partial charge in [0.1, 0.15) is 17.0 Å². The molecule has 1 aliphatic heterocycles. The molecule has 0 spiro atoms. The number of fused-ring (bicyclic) bond motifs is 2. The molecule has 9 nitrogen and oxygen atoms in total. The third-order valence-corrected chi connectivity index (χ3v) is 7.84. The Morgan fingerprint density at radius 3 is 2.31 bits per heavy atom. The number of aromatic nitrogens is 4. The quantitative estimate of drug-likeness (QED) is 0.330. The maximum absolute atomic E-state index is 14.9. The minimum Gasteiger partial charge on any atom is -0.475 e. The van der Waals surface area contributed by atoms with Crippen molar-refractivity contribution < 1.29 is 37.4 Å². The van der Waals surface area contributed by atoms with Crippen molar-refractivity contribution in [2.45, 2.75) is 49.9 Å². The van der Waals surface area contributed by atoms with Crippen molar-refractivity contribution in [3.63, 3.8) is 0 Å². The van der Waals surface area contributed by atoms with Crippen molar-refractivity contribution in [2.75, 3.05) is 6.54 Å². The second-order valence-electron chi connectivity index (χ2n) is 10.2. The fourth-order valence-corrected chi connectivity index (χ4v) is 5.98. The molecule has 3 atom stereocenters. The van der Waals surface area contributed by atoms with Gasteiger partial charge in [-0.05, 0) is 43.0 Å². The van der Waals surface area contributed by atoms with Crippen LogP contribution in [0.2, 0.25) is 0 Å². The van der Waals surface area contributed by atoms with Crippen LogP contribution in [0.25, 0.3) is 17.0 Å². The average molecular weight is 586 g/mol. The van der Waals surface area contributed by atoms with Gasteiger partial charge in [0.15, 0.2) is 5.82 Å². The Labute approximate surface area is 237 Å². The molecule has 1 unspecified atom stereocenters. The van der Waals surface area contributed by atoms with E-state index in [9.17, 15) is 27.5 Å². The summed E-state index contributed by atoms with van der Waals surface area (Å²) in [5.41, 5.74) is 0.346. The van der Waals surface area contributed by atoms with Gasteiger partial charge in [-0.25, -0.2) is 24.1 Å². The molecule has 1 saturated heterocycles. The van der Waals surface area contributed by atoms with Gasteiger partial charge >= 0.3 is 12.1 Å². The van der Waals surface area contributed by atoms with Crippen molar-refractivity contribution >= 4 is 17.4 Å². The predicted octanol–water partition coefficient (Wildman–Crippen LogP) is 4.86. The zero-order valence-electron chi connectivity index (χ0n) is 22.2. The van der Waals surface area contributed by atoms with Crippen molar-refractivity contribution in [3.8, 4) is 11.5 Å². The number of rotatable bonds is 3. The lowest BCUT2D eigenvalue weighted by Crippen LogP contribution is -2.59. The maximum Gasteiger partial charge on any atom is 0.490 e. The Bertz CT molecular complexity index is 1580. The van der Waals surface area contributed by atoms with E-state index < -0.39 is 23.6 Å². The molecule has 42 heavy (non-hydrogen) atoms. The SMILES string of the molecule is O=C(O)C(F)(F)F.O=C(c1nc(-c2ncccn2)c2c(F)cccn12)N1CCC(O)(c2ccccc2)[C@H]2CCCC[C@H]21. The van der Waals surface area contributed by atoms with Gasteiger partial charge in [0, 0.05) is 37.1 Å². The first-order valence-corrected chi connectivity index (χ1v) is 13.4. The van der Waals surface area contributed by atoms with Crippen LogP contribution in [0, 0.1) is 11.7 Å². The summed E-state index contributed by atoms with van der Waals surface area (Å²) in [4.78, 5) is 37.7. The molecule has 3 aromatic heterocycles. The second-order valence-corrected chi connectivity index (χ2v) is 10.2. The van der Waals surface area contributed by atoms with Crippen LogP contribution in [-0.4, -0.2) is 65.1 Å². The number of halogens is 4. The number of carbonyl (C=O) groups excluding carboxylic acids is 1. The number of carboxylic acids is 1. The van der Waals surface area contributed by atoms with Gasteiger partial charge in [-0.1, -0.05) is 43.2 Å². The number of nitrogens with zero attached hydrogens (tertiary/aromatic N) is 5. The molecular weight excluding hydrogens is 558 g/mol. The molecule has 4 aromatic rings. The molecule has 13 heteroatoms. The number of piperidine rings is 1. The van der Waals surface area contributed by atoms with E-state index in [1.54, 1.807) is 30.7 Å². The van der Waals surface area contributed by atoms with E-state index >= 15 is 0 Å². The number of amides is 1. The Kier molecular flexibility index (Phi) is 7.95. The summed E-state index contributed by atoms with van der Waals surface area (Å²) in [6.45, 7) is 0.396. The Morgan fingerprint density at radius 2 is 1.64 bits per heavy atom. The van der Waals surface area contributed by atoms with Crippen LogP contribution in [0.3, 0.4) is 0 Å². The Hall–Kier alpha value is -4.39. The van der Waals surface area contributed by atoms with Crippen LogP contribution in [-0.2, 0) is 10.4 Å². The maximum atomic E-state index is 14.9. The molecule has 2 fully saturated rings. The lowest BCUT2D eigenvalue weighted by atomic mass is 9.66. The van der Waals surface area contributed by atoms with Gasteiger partial charge in [0.25, 0.3) is 5.91 Å². The van der Waals surface area contributed by atoms with Crippen molar-refractivity contribution in [1.82, 2.24) is 24.3 Å². The average Bonchev–Trinajstić information content (AvgIpc) is 3.39. The minimum absolute atomic E-state index is 0.0729. The van der Waals surface area contributed by atoms with E-state index in [-0.39, 0.29) is 40.7 Å². The van der Waals surface area contributed by atoms with Crippen LogP contribution >= 0.6 is 0 Å². The summed E-state index contributed by atoms with van der Waals surface area (Å²) < 4.78 is 48.2. The second kappa shape index (κ2) is 11.5. The van der Waals surface area contributed by atoms with Gasteiger partial charge in [-0.2, -0.15) is 13.2 Å². The summed E-state index contributed by atoms with van der Waals surface area (Å²) in [5, 5.41) is 19.0. The zero-order valence-corrected chi connectivity index (χ0v) is 22.2. The Morgan fingerprint density at radius 1 is 0.976 bits per heavy atom. The summed E-state index contributed by atoms with van der Waals surface area (Å²) in [6, 6.07) is 14.2. The smallest absolute Gasteiger partial charge is 0.475 e. The molecule has 1 aromatic carbocycles. The van der Waals surface area contributed by atoms with Crippen LogP contribution in [0.15, 0.2) is 67.1 Å². The molecule has 0 radical (unpaired) electrons. The lowest BCUT2D eigenvalue weighted by Gasteiger charge is -2.52. The number of benzene rings is 1.